The van der Waals surface area contributed by atoms with Crippen LogP contribution in [0.3, 0.4) is 0 Å². The molecule has 130 valence electrons. The summed E-state index contributed by atoms with van der Waals surface area (Å²) in [6.45, 7) is 4.23. The number of nitrogens with zero attached hydrogens (tertiary/aromatic N) is 3. The van der Waals surface area contributed by atoms with Gasteiger partial charge in [0.1, 0.15) is 5.01 Å². The summed E-state index contributed by atoms with van der Waals surface area (Å²) in [6, 6.07) is 14.3. The Balaban J connectivity index is 1.52. The fraction of sp³-hybridized carbons (Fsp3) is 0.150. The highest BCUT2D eigenvalue weighted by Crippen LogP contribution is 2.26. The normalized spacial score (nSPS) is 11.0. The fourth-order valence-corrected chi connectivity index (χ4v) is 3.66. The van der Waals surface area contributed by atoms with Crippen molar-refractivity contribution in [1.82, 2.24) is 15.1 Å². The lowest BCUT2D eigenvalue weighted by molar-refractivity contribution is 0.385. The highest BCUT2D eigenvalue weighted by molar-refractivity contribution is 9.10. The highest BCUT2D eigenvalue weighted by Gasteiger charge is 2.12. The number of benzene rings is 2. The summed E-state index contributed by atoms with van der Waals surface area (Å²) in [5.41, 5.74) is 5.61. The van der Waals surface area contributed by atoms with Crippen LogP contribution in [0.15, 0.2) is 56.8 Å². The summed E-state index contributed by atoms with van der Waals surface area (Å²) >= 11 is 5.04. The first kappa shape index (κ1) is 17.1. The van der Waals surface area contributed by atoms with Gasteiger partial charge in [0.15, 0.2) is 0 Å². The van der Waals surface area contributed by atoms with Gasteiger partial charge in [0, 0.05) is 21.0 Å². The summed E-state index contributed by atoms with van der Waals surface area (Å²) in [6.07, 6.45) is 0.541. The molecule has 0 aliphatic carbocycles. The molecule has 0 bridgehead atoms. The molecule has 0 saturated carbocycles. The van der Waals surface area contributed by atoms with Gasteiger partial charge in [-0.15, -0.1) is 11.3 Å². The Morgan fingerprint density at radius 1 is 0.962 bits per heavy atom. The maximum atomic E-state index is 5.40. The predicted octanol–water partition coefficient (Wildman–Crippen LogP) is 5.83. The molecule has 0 radical (unpaired) electrons. The minimum Gasteiger partial charge on any atom is -0.339 e. The van der Waals surface area contributed by atoms with Crippen molar-refractivity contribution in [3.63, 3.8) is 0 Å². The zero-order valence-electron chi connectivity index (χ0n) is 14.4. The molecular weight excluding hydrogens is 410 g/mol. The van der Waals surface area contributed by atoms with E-state index in [0.717, 1.165) is 26.3 Å². The van der Waals surface area contributed by atoms with Gasteiger partial charge in [-0.05, 0) is 55.3 Å². The smallest absolute Gasteiger partial charge is 0.233 e. The van der Waals surface area contributed by atoms with Crippen LogP contribution in [0, 0.1) is 13.8 Å². The molecule has 0 aliphatic heterocycles. The number of thiazole rings is 1. The summed E-state index contributed by atoms with van der Waals surface area (Å²) in [7, 11) is 0. The van der Waals surface area contributed by atoms with Crippen molar-refractivity contribution in [3.8, 4) is 22.6 Å². The van der Waals surface area contributed by atoms with E-state index in [4.69, 9.17) is 9.51 Å². The van der Waals surface area contributed by atoms with E-state index >= 15 is 0 Å². The molecule has 0 fully saturated rings. The minimum absolute atomic E-state index is 0.541. The average Bonchev–Trinajstić information content (AvgIpc) is 3.28. The lowest BCUT2D eigenvalue weighted by atomic mass is 10.1. The molecule has 2 heterocycles. The van der Waals surface area contributed by atoms with E-state index in [2.05, 4.69) is 63.5 Å². The lowest BCUT2D eigenvalue weighted by Crippen LogP contribution is -1.89. The van der Waals surface area contributed by atoms with Gasteiger partial charge in [-0.2, -0.15) is 4.98 Å². The van der Waals surface area contributed by atoms with Crippen LogP contribution in [0.2, 0.25) is 0 Å². The Kier molecular flexibility index (Phi) is 4.70. The van der Waals surface area contributed by atoms with Crippen molar-refractivity contribution in [2.45, 2.75) is 20.3 Å². The molecule has 4 rings (SSSR count). The van der Waals surface area contributed by atoms with Gasteiger partial charge >= 0.3 is 0 Å². The van der Waals surface area contributed by atoms with Crippen molar-refractivity contribution < 1.29 is 4.52 Å². The average molecular weight is 426 g/mol. The molecule has 0 amide bonds. The summed E-state index contributed by atoms with van der Waals surface area (Å²) in [5.74, 6) is 1.17. The first-order valence-corrected chi connectivity index (χ1v) is 9.86. The van der Waals surface area contributed by atoms with Gasteiger partial charge in [0.05, 0.1) is 12.1 Å². The monoisotopic (exact) mass is 425 g/mol. The minimum atomic E-state index is 0.541. The number of aromatic nitrogens is 3. The van der Waals surface area contributed by atoms with Crippen LogP contribution < -0.4 is 0 Å². The Morgan fingerprint density at radius 2 is 1.73 bits per heavy atom. The third kappa shape index (κ3) is 3.61. The van der Waals surface area contributed by atoms with Crippen LogP contribution in [0.25, 0.3) is 22.6 Å². The second kappa shape index (κ2) is 7.13. The topological polar surface area (TPSA) is 51.8 Å². The molecule has 0 atom stereocenters. The molecule has 4 nitrogen and oxygen atoms in total. The van der Waals surface area contributed by atoms with E-state index in [1.807, 2.05) is 24.3 Å². The van der Waals surface area contributed by atoms with Crippen LogP contribution in [-0.4, -0.2) is 15.1 Å². The van der Waals surface area contributed by atoms with E-state index in [0.29, 0.717) is 18.1 Å². The number of rotatable bonds is 4. The Hall–Kier alpha value is -2.31. The van der Waals surface area contributed by atoms with Crippen LogP contribution >= 0.6 is 27.3 Å². The molecule has 4 aromatic rings. The third-order valence-corrected chi connectivity index (χ3v) is 5.60. The van der Waals surface area contributed by atoms with Crippen molar-refractivity contribution in [1.29, 1.82) is 0 Å². The Morgan fingerprint density at radius 3 is 2.50 bits per heavy atom. The Bertz CT molecular complexity index is 1050. The van der Waals surface area contributed by atoms with Crippen molar-refractivity contribution in [2.24, 2.45) is 0 Å². The van der Waals surface area contributed by atoms with Crippen LogP contribution in [0.4, 0.5) is 0 Å². The van der Waals surface area contributed by atoms with Crippen molar-refractivity contribution >= 4 is 27.3 Å². The number of halogens is 1. The summed E-state index contributed by atoms with van der Waals surface area (Å²) < 4.78 is 6.42. The van der Waals surface area contributed by atoms with Crippen molar-refractivity contribution in [2.75, 3.05) is 0 Å². The van der Waals surface area contributed by atoms with E-state index < -0.39 is 0 Å². The molecule has 0 saturated heterocycles. The second-order valence-electron chi connectivity index (χ2n) is 6.12. The van der Waals surface area contributed by atoms with Gasteiger partial charge in [-0.1, -0.05) is 33.2 Å². The first-order chi connectivity index (χ1) is 12.6. The molecule has 26 heavy (non-hydrogen) atoms. The van der Waals surface area contributed by atoms with Gasteiger partial charge in [0.2, 0.25) is 11.7 Å². The van der Waals surface area contributed by atoms with E-state index in [9.17, 15) is 0 Å². The van der Waals surface area contributed by atoms with Gasteiger partial charge in [-0.25, -0.2) is 4.98 Å². The first-order valence-electron chi connectivity index (χ1n) is 8.19. The maximum absolute atomic E-state index is 5.40. The molecule has 6 heteroatoms. The van der Waals surface area contributed by atoms with Crippen LogP contribution in [0.5, 0.6) is 0 Å². The number of hydrogen-bond acceptors (Lipinski definition) is 5. The van der Waals surface area contributed by atoms with Crippen molar-refractivity contribution in [3.05, 3.63) is 74.3 Å². The molecule has 0 unspecified atom stereocenters. The maximum Gasteiger partial charge on any atom is 0.233 e. The fourth-order valence-electron chi connectivity index (χ4n) is 2.60. The molecule has 2 aromatic heterocycles. The third-order valence-electron chi connectivity index (χ3n) is 4.23. The summed E-state index contributed by atoms with van der Waals surface area (Å²) in [4.78, 5) is 9.21. The standard InChI is InChI=1S/C20H16BrN3OS/c1-12-3-4-15(9-13(12)2)17-11-26-19(22-17)10-18-23-20(24-25-18)14-5-7-16(21)8-6-14/h3-9,11H,10H2,1-2H3. The van der Waals surface area contributed by atoms with Gasteiger partial charge in [-0.3, -0.25) is 0 Å². The second-order valence-corrected chi connectivity index (χ2v) is 7.98. The lowest BCUT2D eigenvalue weighted by Gasteiger charge is -2.02. The van der Waals surface area contributed by atoms with E-state index in [-0.39, 0.29) is 0 Å². The largest absolute Gasteiger partial charge is 0.339 e. The predicted molar refractivity (Wildman–Crippen MR) is 107 cm³/mol. The highest BCUT2D eigenvalue weighted by atomic mass is 79.9. The molecule has 0 N–H and O–H groups in total. The van der Waals surface area contributed by atoms with Gasteiger partial charge < -0.3 is 4.52 Å². The molecule has 0 spiro atoms. The summed E-state index contributed by atoms with van der Waals surface area (Å²) in [5, 5.41) is 7.11. The van der Waals surface area contributed by atoms with E-state index in [1.165, 1.54) is 11.1 Å². The SMILES string of the molecule is Cc1ccc(-c2csc(Cc3nc(-c4ccc(Br)cc4)no3)n2)cc1C. The quantitative estimate of drug-likeness (QED) is 0.412. The number of hydrogen-bond donors (Lipinski definition) is 0. The van der Waals surface area contributed by atoms with Crippen LogP contribution in [-0.2, 0) is 6.42 Å². The molecule has 2 aromatic carbocycles. The van der Waals surface area contributed by atoms with Gasteiger partial charge in [0.25, 0.3) is 0 Å². The zero-order valence-corrected chi connectivity index (χ0v) is 16.8. The van der Waals surface area contributed by atoms with E-state index in [1.54, 1.807) is 11.3 Å². The Labute approximate surface area is 164 Å². The molecular formula is C20H16BrN3OS. The molecule has 0 aliphatic rings. The zero-order chi connectivity index (χ0) is 18.1. The van der Waals surface area contributed by atoms with Crippen LogP contribution in [0.1, 0.15) is 22.0 Å². The number of aryl methyl sites for hydroxylation is 2.